The summed E-state index contributed by atoms with van der Waals surface area (Å²) in [5.41, 5.74) is 3.56. The predicted molar refractivity (Wildman–Crippen MR) is 55.3 cm³/mol. The molecule has 1 saturated carbocycles. The van der Waals surface area contributed by atoms with Gasteiger partial charge in [0.2, 0.25) is 0 Å². The van der Waals surface area contributed by atoms with E-state index in [1.54, 1.807) is 5.57 Å². The van der Waals surface area contributed by atoms with Crippen molar-refractivity contribution in [1.29, 1.82) is 0 Å². The molecule has 13 heavy (non-hydrogen) atoms. The smallest absolute Gasteiger partial charge is 0.0207 e. The van der Waals surface area contributed by atoms with Gasteiger partial charge >= 0.3 is 0 Å². The molecule has 0 saturated heterocycles. The summed E-state index contributed by atoms with van der Waals surface area (Å²) in [4.78, 5) is 0. The van der Waals surface area contributed by atoms with Crippen molar-refractivity contribution in [3.63, 3.8) is 0 Å². The van der Waals surface area contributed by atoms with E-state index < -0.39 is 0 Å². The molecule has 1 fully saturated rings. The summed E-state index contributed by atoms with van der Waals surface area (Å²) in [5.74, 6) is 0.805. The highest BCUT2D eigenvalue weighted by atomic mass is 14.6. The predicted octanol–water partition coefficient (Wildman–Crippen LogP) is 3.40. The Balaban J connectivity index is 2.11. The molecule has 2 unspecified atom stereocenters. The molecule has 0 heteroatoms. The van der Waals surface area contributed by atoms with Crippen molar-refractivity contribution < 1.29 is 0 Å². The summed E-state index contributed by atoms with van der Waals surface area (Å²) in [7, 11) is 0. The first-order valence-electron chi connectivity index (χ1n) is 5.14. The second kappa shape index (κ2) is 2.25. The van der Waals surface area contributed by atoms with Gasteiger partial charge in [0.15, 0.2) is 0 Å². The second-order valence-electron chi connectivity index (χ2n) is 4.22. The largest absolute Gasteiger partial charge is 0.0802 e. The van der Waals surface area contributed by atoms with Gasteiger partial charge in [-0.1, -0.05) is 43.4 Å². The molecule has 3 aliphatic rings. The summed E-state index contributed by atoms with van der Waals surface area (Å²) < 4.78 is 0. The van der Waals surface area contributed by atoms with Crippen LogP contribution in [0, 0.1) is 11.3 Å². The van der Waals surface area contributed by atoms with Gasteiger partial charge in [-0.2, -0.15) is 0 Å². The third kappa shape index (κ3) is 0.810. The van der Waals surface area contributed by atoms with Crippen LogP contribution in [0.3, 0.4) is 0 Å². The molecule has 0 aromatic carbocycles. The minimum atomic E-state index is 0.439. The fraction of sp³-hybridized carbons (Fsp3) is 0.385. The summed E-state index contributed by atoms with van der Waals surface area (Å²) in [6, 6.07) is 0. The van der Waals surface area contributed by atoms with Crippen molar-refractivity contribution in [3.8, 4) is 0 Å². The van der Waals surface area contributed by atoms with E-state index in [2.05, 4.69) is 43.4 Å². The first-order valence-corrected chi connectivity index (χ1v) is 5.14. The van der Waals surface area contributed by atoms with E-state index >= 15 is 0 Å². The topological polar surface area (TPSA) is 0 Å². The van der Waals surface area contributed by atoms with Gasteiger partial charge in [0, 0.05) is 5.41 Å². The Morgan fingerprint density at radius 1 is 1.38 bits per heavy atom. The van der Waals surface area contributed by atoms with E-state index in [9.17, 15) is 0 Å². The molecular weight excluding hydrogens is 156 g/mol. The van der Waals surface area contributed by atoms with Crippen LogP contribution < -0.4 is 0 Å². The van der Waals surface area contributed by atoms with Gasteiger partial charge in [0.05, 0.1) is 0 Å². The summed E-state index contributed by atoms with van der Waals surface area (Å²) in [6.45, 7) is 2.25. The normalized spacial score (nSPS) is 39.0. The molecule has 1 spiro atoms. The minimum absolute atomic E-state index is 0.439. The average Bonchev–Trinajstić information content (AvgIpc) is 2.88. The molecule has 2 atom stereocenters. The average molecular weight is 170 g/mol. The van der Waals surface area contributed by atoms with Gasteiger partial charge in [-0.05, 0) is 29.9 Å². The third-order valence-electron chi connectivity index (χ3n) is 3.58. The Labute approximate surface area is 79.3 Å². The Bertz CT molecular complexity index is 365. The fourth-order valence-electron chi connectivity index (χ4n) is 2.72. The molecule has 0 radical (unpaired) electrons. The maximum Gasteiger partial charge on any atom is 0.0207 e. The molecule has 0 aromatic rings. The Hall–Kier alpha value is -1.04. The molecule has 3 aliphatic carbocycles. The van der Waals surface area contributed by atoms with Gasteiger partial charge in [-0.3, -0.25) is 0 Å². The molecule has 0 nitrogen and oxygen atoms in total. The number of hydrogen-bond acceptors (Lipinski definition) is 0. The Morgan fingerprint density at radius 3 is 3.15 bits per heavy atom. The minimum Gasteiger partial charge on any atom is -0.0802 e. The molecule has 66 valence electrons. The molecule has 3 rings (SSSR count). The van der Waals surface area contributed by atoms with Crippen LogP contribution in [0.15, 0.2) is 47.6 Å². The van der Waals surface area contributed by atoms with E-state index in [1.807, 2.05) is 0 Å². The molecule has 0 amide bonds. The van der Waals surface area contributed by atoms with Gasteiger partial charge in [0.1, 0.15) is 0 Å². The van der Waals surface area contributed by atoms with Gasteiger partial charge in [0.25, 0.3) is 0 Å². The van der Waals surface area contributed by atoms with Crippen molar-refractivity contribution >= 4 is 0 Å². The molecular formula is C13H14. The van der Waals surface area contributed by atoms with Crippen LogP contribution in [0.2, 0.25) is 0 Å². The molecule has 0 aliphatic heterocycles. The molecule has 0 aromatic heterocycles. The summed E-state index contributed by atoms with van der Waals surface area (Å²) >= 11 is 0. The Kier molecular flexibility index (Phi) is 1.28. The number of hydrogen-bond donors (Lipinski definition) is 0. The standard InChI is InChI=1S/C13H14/c1-2-10-5-4-8-13-9-11(13)6-3-7-12(10)13/h3-8,11H,2,9H2,1H3. The third-order valence-corrected chi connectivity index (χ3v) is 3.58. The lowest BCUT2D eigenvalue weighted by Crippen LogP contribution is -2.11. The van der Waals surface area contributed by atoms with Crippen LogP contribution in [-0.2, 0) is 0 Å². The van der Waals surface area contributed by atoms with Gasteiger partial charge in [-0.15, -0.1) is 0 Å². The zero-order valence-electron chi connectivity index (χ0n) is 7.96. The quantitative estimate of drug-likeness (QED) is 0.566. The molecule has 0 N–H and O–H groups in total. The SMILES string of the molecule is CCC1=CC=CC23CC2C=CC=C13. The lowest BCUT2D eigenvalue weighted by molar-refractivity contribution is 0.714. The molecule has 0 bridgehead atoms. The lowest BCUT2D eigenvalue weighted by Gasteiger charge is -2.24. The second-order valence-corrected chi connectivity index (χ2v) is 4.22. The van der Waals surface area contributed by atoms with Crippen LogP contribution in [-0.4, -0.2) is 0 Å². The van der Waals surface area contributed by atoms with E-state index in [-0.39, 0.29) is 0 Å². The van der Waals surface area contributed by atoms with Crippen LogP contribution >= 0.6 is 0 Å². The van der Waals surface area contributed by atoms with Crippen LogP contribution in [0.4, 0.5) is 0 Å². The summed E-state index contributed by atoms with van der Waals surface area (Å²) in [5, 5.41) is 0. The lowest BCUT2D eigenvalue weighted by atomic mass is 9.80. The van der Waals surface area contributed by atoms with E-state index in [1.165, 1.54) is 18.4 Å². The van der Waals surface area contributed by atoms with E-state index in [0.717, 1.165) is 5.92 Å². The van der Waals surface area contributed by atoms with Crippen molar-refractivity contribution in [3.05, 3.63) is 47.6 Å². The van der Waals surface area contributed by atoms with Crippen molar-refractivity contribution in [2.45, 2.75) is 19.8 Å². The van der Waals surface area contributed by atoms with Crippen LogP contribution in [0.1, 0.15) is 19.8 Å². The van der Waals surface area contributed by atoms with E-state index in [0.29, 0.717) is 5.41 Å². The number of allylic oxidation sites excluding steroid dienone is 8. The fourth-order valence-corrected chi connectivity index (χ4v) is 2.72. The maximum absolute atomic E-state index is 2.40. The van der Waals surface area contributed by atoms with Gasteiger partial charge < -0.3 is 0 Å². The van der Waals surface area contributed by atoms with Crippen molar-refractivity contribution in [2.24, 2.45) is 11.3 Å². The maximum atomic E-state index is 2.40. The summed E-state index contributed by atoms with van der Waals surface area (Å²) in [6.07, 6.45) is 16.3. The highest BCUT2D eigenvalue weighted by molar-refractivity contribution is 5.55. The first kappa shape index (κ1) is 7.37. The monoisotopic (exact) mass is 170 g/mol. The first-order chi connectivity index (χ1) is 6.37. The van der Waals surface area contributed by atoms with Crippen LogP contribution in [0.5, 0.6) is 0 Å². The zero-order valence-corrected chi connectivity index (χ0v) is 7.96. The van der Waals surface area contributed by atoms with Crippen LogP contribution in [0.25, 0.3) is 0 Å². The number of rotatable bonds is 1. The van der Waals surface area contributed by atoms with Crippen molar-refractivity contribution in [2.75, 3.05) is 0 Å². The molecule has 0 heterocycles. The van der Waals surface area contributed by atoms with Gasteiger partial charge in [-0.25, -0.2) is 0 Å². The highest BCUT2D eigenvalue weighted by Crippen LogP contribution is 2.64. The van der Waals surface area contributed by atoms with E-state index in [4.69, 9.17) is 0 Å². The zero-order chi connectivity index (χ0) is 8.89. The van der Waals surface area contributed by atoms with Crippen molar-refractivity contribution in [1.82, 2.24) is 0 Å². The highest BCUT2D eigenvalue weighted by Gasteiger charge is 2.55. The Morgan fingerprint density at radius 2 is 2.31 bits per heavy atom.